The highest BCUT2D eigenvalue weighted by Crippen LogP contribution is 2.06. The zero-order valence-corrected chi connectivity index (χ0v) is 10.3. The average Bonchev–Trinajstić information content (AvgIpc) is 2.36. The summed E-state index contributed by atoms with van der Waals surface area (Å²) in [4.78, 5) is 21.9. The summed E-state index contributed by atoms with van der Waals surface area (Å²) in [5.41, 5.74) is 0. The van der Waals surface area contributed by atoms with Gasteiger partial charge in [0.15, 0.2) is 0 Å². The van der Waals surface area contributed by atoms with Crippen molar-refractivity contribution >= 4 is 11.9 Å². The summed E-state index contributed by atoms with van der Waals surface area (Å²) in [5.74, 6) is -1.26. The molecular formula is C11H18NO6+. The molecule has 1 aliphatic heterocycles. The van der Waals surface area contributed by atoms with E-state index in [0.717, 1.165) is 12.2 Å². The second kappa shape index (κ2) is 7.10. The summed E-state index contributed by atoms with van der Waals surface area (Å²) in [6.07, 6.45) is 1.98. The number of hydrogen-bond donors (Lipinski definition) is 1. The zero-order chi connectivity index (χ0) is 13.4. The van der Waals surface area contributed by atoms with Gasteiger partial charge in [0.1, 0.15) is 26.2 Å². The molecule has 1 N–H and O–H groups in total. The quantitative estimate of drug-likeness (QED) is 0.407. The van der Waals surface area contributed by atoms with Gasteiger partial charge in [0.25, 0.3) is 0 Å². The van der Waals surface area contributed by atoms with E-state index in [4.69, 9.17) is 9.47 Å². The van der Waals surface area contributed by atoms with Crippen LogP contribution < -0.4 is 0 Å². The van der Waals surface area contributed by atoms with E-state index in [9.17, 15) is 14.8 Å². The Morgan fingerprint density at radius 1 is 1.28 bits per heavy atom. The van der Waals surface area contributed by atoms with Gasteiger partial charge in [-0.3, -0.25) is 0 Å². The van der Waals surface area contributed by atoms with E-state index in [1.54, 1.807) is 0 Å². The van der Waals surface area contributed by atoms with E-state index >= 15 is 0 Å². The fraction of sp³-hybridized carbons (Fsp3) is 0.636. The van der Waals surface area contributed by atoms with Crippen LogP contribution in [0.3, 0.4) is 0 Å². The molecule has 0 aromatic carbocycles. The third kappa shape index (κ3) is 5.26. The Bertz CT molecular complexity index is 321. The Morgan fingerprint density at radius 3 is 2.50 bits per heavy atom. The van der Waals surface area contributed by atoms with Gasteiger partial charge in [-0.15, -0.1) is 0 Å². The molecule has 1 fully saturated rings. The number of carbonyl (C=O) groups is 2. The van der Waals surface area contributed by atoms with Gasteiger partial charge < -0.3 is 14.2 Å². The predicted molar refractivity (Wildman–Crippen MR) is 59.6 cm³/mol. The van der Waals surface area contributed by atoms with Crippen molar-refractivity contribution in [3.05, 3.63) is 12.2 Å². The third-order valence-corrected chi connectivity index (χ3v) is 2.61. The first-order chi connectivity index (χ1) is 8.56. The maximum atomic E-state index is 11.2. The Kier molecular flexibility index (Phi) is 5.76. The fourth-order valence-electron chi connectivity index (χ4n) is 1.47. The van der Waals surface area contributed by atoms with Gasteiger partial charge in [0.05, 0.1) is 20.3 Å². The van der Waals surface area contributed by atoms with Crippen LogP contribution in [0.1, 0.15) is 0 Å². The number of morpholine rings is 1. The zero-order valence-electron chi connectivity index (χ0n) is 10.3. The van der Waals surface area contributed by atoms with Crippen molar-refractivity contribution in [1.29, 1.82) is 0 Å². The molecule has 0 saturated carbocycles. The molecule has 0 aliphatic carbocycles. The highest BCUT2D eigenvalue weighted by Gasteiger charge is 2.28. The van der Waals surface area contributed by atoms with E-state index in [1.165, 1.54) is 7.11 Å². The molecule has 102 valence electrons. The van der Waals surface area contributed by atoms with Gasteiger partial charge in [-0.1, -0.05) is 0 Å². The summed E-state index contributed by atoms with van der Waals surface area (Å²) in [6.45, 7) is 2.34. The van der Waals surface area contributed by atoms with E-state index in [-0.39, 0.29) is 11.3 Å². The van der Waals surface area contributed by atoms with Crippen molar-refractivity contribution in [2.75, 3.05) is 46.6 Å². The van der Waals surface area contributed by atoms with Crippen LogP contribution in [0.5, 0.6) is 0 Å². The van der Waals surface area contributed by atoms with Gasteiger partial charge >= 0.3 is 11.9 Å². The second-order valence-corrected chi connectivity index (χ2v) is 3.90. The molecule has 0 radical (unpaired) electrons. The minimum absolute atomic E-state index is 0.0842. The lowest BCUT2D eigenvalue weighted by atomic mass is 10.4. The fourth-order valence-corrected chi connectivity index (χ4v) is 1.47. The van der Waals surface area contributed by atoms with Crippen LogP contribution in [0.2, 0.25) is 0 Å². The van der Waals surface area contributed by atoms with E-state index < -0.39 is 11.9 Å². The number of esters is 2. The summed E-state index contributed by atoms with van der Waals surface area (Å²) in [7, 11) is 1.22. The molecule has 0 unspecified atom stereocenters. The first-order valence-corrected chi connectivity index (χ1v) is 5.65. The number of hydroxylamine groups is 3. The Balaban J connectivity index is 2.22. The normalized spacial score (nSPS) is 18.6. The first kappa shape index (κ1) is 14.6. The number of nitrogens with zero attached hydrogens (tertiary/aromatic N) is 1. The van der Waals surface area contributed by atoms with Gasteiger partial charge in [-0.25, -0.2) is 14.8 Å². The van der Waals surface area contributed by atoms with Gasteiger partial charge in [0.2, 0.25) is 0 Å². The van der Waals surface area contributed by atoms with Crippen LogP contribution in [-0.4, -0.2) is 68.4 Å². The van der Waals surface area contributed by atoms with Crippen molar-refractivity contribution in [3.8, 4) is 0 Å². The van der Waals surface area contributed by atoms with E-state index in [0.29, 0.717) is 32.8 Å². The standard InChI is InChI=1S/C11H18NO6/c1-16-10(13)2-3-11(14)18-9-6-12(15)4-7-17-8-5-12/h2-3,15H,4-9H2,1H3/q+1. The molecule has 0 atom stereocenters. The lowest BCUT2D eigenvalue weighted by Gasteiger charge is -2.32. The van der Waals surface area contributed by atoms with Crippen LogP contribution in [-0.2, 0) is 23.8 Å². The number of rotatable bonds is 5. The third-order valence-electron chi connectivity index (χ3n) is 2.61. The highest BCUT2D eigenvalue weighted by atomic mass is 16.6. The molecule has 18 heavy (non-hydrogen) atoms. The van der Waals surface area contributed by atoms with Crippen LogP contribution in [0.15, 0.2) is 12.2 Å². The molecule has 0 aromatic rings. The number of quaternary nitrogens is 1. The minimum Gasteiger partial charge on any atom is -0.466 e. The highest BCUT2D eigenvalue weighted by molar-refractivity contribution is 5.91. The maximum Gasteiger partial charge on any atom is 0.331 e. The number of ether oxygens (including phenoxy) is 3. The first-order valence-electron chi connectivity index (χ1n) is 5.65. The molecule has 1 saturated heterocycles. The van der Waals surface area contributed by atoms with Gasteiger partial charge in [-0.05, 0) is 0 Å². The van der Waals surface area contributed by atoms with Crippen molar-refractivity contribution in [2.45, 2.75) is 0 Å². The van der Waals surface area contributed by atoms with E-state index in [1.807, 2.05) is 0 Å². The molecule has 7 heteroatoms. The lowest BCUT2D eigenvalue weighted by Crippen LogP contribution is -2.54. The molecule has 0 amide bonds. The maximum absolute atomic E-state index is 11.2. The summed E-state index contributed by atoms with van der Waals surface area (Å²) in [6, 6.07) is 0. The summed E-state index contributed by atoms with van der Waals surface area (Å²) in [5, 5.41) is 10.0. The van der Waals surface area contributed by atoms with Crippen molar-refractivity contribution in [1.82, 2.24) is 0 Å². The smallest absolute Gasteiger partial charge is 0.331 e. The Hall–Kier alpha value is -1.44. The molecule has 0 spiro atoms. The number of hydrogen-bond acceptors (Lipinski definition) is 6. The van der Waals surface area contributed by atoms with E-state index in [2.05, 4.69) is 4.74 Å². The number of methoxy groups -OCH3 is 1. The van der Waals surface area contributed by atoms with Crippen molar-refractivity contribution in [2.24, 2.45) is 0 Å². The summed E-state index contributed by atoms with van der Waals surface area (Å²) < 4.78 is 14.1. The molecule has 1 aliphatic rings. The Labute approximate surface area is 105 Å². The molecular weight excluding hydrogens is 242 g/mol. The van der Waals surface area contributed by atoms with Crippen LogP contribution >= 0.6 is 0 Å². The van der Waals surface area contributed by atoms with Crippen LogP contribution in [0.25, 0.3) is 0 Å². The van der Waals surface area contributed by atoms with Crippen molar-refractivity contribution < 1.29 is 33.7 Å². The van der Waals surface area contributed by atoms with Crippen LogP contribution in [0.4, 0.5) is 0 Å². The monoisotopic (exact) mass is 260 g/mol. The molecule has 1 rings (SSSR count). The lowest BCUT2D eigenvalue weighted by molar-refractivity contribution is -1.11. The summed E-state index contributed by atoms with van der Waals surface area (Å²) >= 11 is 0. The average molecular weight is 260 g/mol. The van der Waals surface area contributed by atoms with Crippen molar-refractivity contribution in [3.63, 3.8) is 0 Å². The molecule has 0 bridgehead atoms. The van der Waals surface area contributed by atoms with Gasteiger partial charge in [0, 0.05) is 12.2 Å². The molecule has 1 heterocycles. The Morgan fingerprint density at radius 2 is 1.89 bits per heavy atom. The molecule has 0 aromatic heterocycles. The topological polar surface area (TPSA) is 82.1 Å². The molecule has 7 nitrogen and oxygen atoms in total. The second-order valence-electron chi connectivity index (χ2n) is 3.90. The SMILES string of the molecule is COC(=O)C=CC(=O)OCC[N+]1(O)CCOCC1. The minimum atomic E-state index is -0.639. The van der Waals surface area contributed by atoms with Gasteiger partial charge in [-0.2, -0.15) is 4.65 Å². The largest absolute Gasteiger partial charge is 0.466 e. The number of carbonyl (C=O) groups excluding carboxylic acids is 2. The predicted octanol–water partition coefficient (Wildman–Crippen LogP) is -0.505. The van der Waals surface area contributed by atoms with Crippen LogP contribution in [0, 0.1) is 0 Å².